The molecule has 1 aromatic rings. The molecule has 0 bridgehead atoms. The summed E-state index contributed by atoms with van der Waals surface area (Å²) in [5.41, 5.74) is 0.962. The fourth-order valence-electron chi connectivity index (χ4n) is 1.69. The van der Waals surface area contributed by atoms with Crippen LogP contribution in [0.1, 0.15) is 30.9 Å². The number of carbonyl (C=O) groups excluding carboxylic acids is 2. The molecular weight excluding hydrogens is 305 g/mol. The van der Waals surface area contributed by atoms with E-state index >= 15 is 0 Å². The van der Waals surface area contributed by atoms with Gasteiger partial charge in [-0.25, -0.2) is 4.79 Å². The van der Waals surface area contributed by atoms with Gasteiger partial charge in [0.1, 0.15) is 0 Å². The van der Waals surface area contributed by atoms with Crippen LogP contribution in [0.5, 0.6) is 0 Å². The predicted octanol–water partition coefficient (Wildman–Crippen LogP) is 1.90. The minimum absolute atomic E-state index is 0.104. The average Bonchev–Trinajstić information content (AvgIpc) is 3.17. The fraction of sp³-hybridized carbons (Fsp3) is 0.583. The number of hydrogen-bond donors (Lipinski definition) is 3. The van der Waals surface area contributed by atoms with Crippen molar-refractivity contribution in [3.8, 4) is 0 Å². The van der Waals surface area contributed by atoms with Gasteiger partial charge in [0.05, 0.1) is 0 Å². The smallest absolute Gasteiger partial charge is 0.422 e. The van der Waals surface area contributed by atoms with Crippen LogP contribution in [-0.4, -0.2) is 41.5 Å². The van der Waals surface area contributed by atoms with E-state index in [2.05, 4.69) is 25.6 Å². The Morgan fingerprint density at radius 1 is 1.41 bits per heavy atom. The van der Waals surface area contributed by atoms with E-state index in [-0.39, 0.29) is 13.0 Å². The molecule has 0 aliphatic heterocycles. The number of halogens is 3. The van der Waals surface area contributed by atoms with E-state index in [1.165, 1.54) is 0 Å². The van der Waals surface area contributed by atoms with Gasteiger partial charge < -0.3 is 15.4 Å². The van der Waals surface area contributed by atoms with Crippen LogP contribution < -0.4 is 10.6 Å². The first-order valence-corrected chi connectivity index (χ1v) is 6.66. The van der Waals surface area contributed by atoms with Gasteiger partial charge in [-0.15, -0.1) is 0 Å². The number of nitrogens with zero attached hydrogens (tertiary/aromatic N) is 1. The average molecular weight is 320 g/mol. The standard InChI is InChI=1S/C12H15F3N4O3/c13-12(14,15)6-22-11(21)16-4-3-10(20)17-9-5-8(18-19-9)7-1-2-7/h5,7H,1-4,6H2,(H,16,21)(H2,17,18,19,20). The van der Waals surface area contributed by atoms with Gasteiger partial charge in [-0.1, -0.05) is 0 Å². The molecule has 22 heavy (non-hydrogen) atoms. The molecule has 1 fully saturated rings. The number of rotatable bonds is 6. The number of amides is 2. The molecule has 0 aromatic carbocycles. The maximum atomic E-state index is 11.8. The summed E-state index contributed by atoms with van der Waals surface area (Å²) in [4.78, 5) is 22.5. The molecule has 1 aromatic heterocycles. The van der Waals surface area contributed by atoms with Crippen LogP contribution in [0.3, 0.4) is 0 Å². The summed E-state index contributed by atoms with van der Waals surface area (Å²) in [5.74, 6) is 0.444. The van der Waals surface area contributed by atoms with Gasteiger partial charge in [0.15, 0.2) is 12.4 Å². The van der Waals surface area contributed by atoms with Gasteiger partial charge in [-0.3, -0.25) is 9.89 Å². The predicted molar refractivity (Wildman–Crippen MR) is 69.2 cm³/mol. The van der Waals surface area contributed by atoms with Crippen LogP contribution in [0.25, 0.3) is 0 Å². The molecule has 3 N–H and O–H groups in total. The first kappa shape index (κ1) is 16.1. The number of ether oxygens (including phenoxy) is 1. The number of aromatic amines is 1. The van der Waals surface area contributed by atoms with Crippen molar-refractivity contribution in [2.24, 2.45) is 0 Å². The molecule has 7 nitrogen and oxygen atoms in total. The lowest BCUT2D eigenvalue weighted by Gasteiger charge is -2.08. The largest absolute Gasteiger partial charge is 0.440 e. The van der Waals surface area contributed by atoms with Crippen molar-refractivity contribution in [2.75, 3.05) is 18.5 Å². The number of carbonyl (C=O) groups is 2. The minimum atomic E-state index is -4.58. The van der Waals surface area contributed by atoms with E-state index < -0.39 is 24.8 Å². The molecule has 10 heteroatoms. The molecule has 0 unspecified atom stereocenters. The number of hydrogen-bond acceptors (Lipinski definition) is 4. The van der Waals surface area contributed by atoms with Crippen molar-refractivity contribution in [3.63, 3.8) is 0 Å². The molecule has 1 saturated carbocycles. The van der Waals surface area contributed by atoms with Crippen molar-refractivity contribution in [1.29, 1.82) is 0 Å². The van der Waals surface area contributed by atoms with Crippen molar-refractivity contribution in [3.05, 3.63) is 11.8 Å². The zero-order valence-corrected chi connectivity index (χ0v) is 11.5. The summed E-state index contributed by atoms with van der Waals surface area (Å²) in [7, 11) is 0. The zero-order chi connectivity index (χ0) is 16.2. The second-order valence-electron chi connectivity index (χ2n) is 4.90. The molecule has 0 atom stereocenters. The van der Waals surface area contributed by atoms with Gasteiger partial charge in [0.2, 0.25) is 5.91 Å². The van der Waals surface area contributed by atoms with Crippen LogP contribution in [0.15, 0.2) is 6.07 Å². The van der Waals surface area contributed by atoms with E-state index in [1.807, 2.05) is 0 Å². The van der Waals surface area contributed by atoms with Crippen LogP contribution in [0.4, 0.5) is 23.8 Å². The normalized spacial score (nSPS) is 14.5. The number of anilines is 1. The van der Waals surface area contributed by atoms with Gasteiger partial charge in [0, 0.05) is 30.6 Å². The molecule has 2 amide bonds. The van der Waals surface area contributed by atoms with Gasteiger partial charge in [-0.2, -0.15) is 18.3 Å². The molecule has 2 rings (SSSR count). The van der Waals surface area contributed by atoms with Gasteiger partial charge >= 0.3 is 12.3 Å². The number of H-pyrrole nitrogens is 1. The lowest BCUT2D eigenvalue weighted by molar-refractivity contribution is -0.160. The lowest BCUT2D eigenvalue weighted by atomic mass is 10.3. The fourth-order valence-corrected chi connectivity index (χ4v) is 1.69. The lowest BCUT2D eigenvalue weighted by Crippen LogP contribution is -2.31. The molecule has 1 aliphatic rings. The topological polar surface area (TPSA) is 96.1 Å². The summed E-state index contributed by atoms with van der Waals surface area (Å²) in [6.07, 6.45) is -3.71. The number of alkyl halides is 3. The second-order valence-corrected chi connectivity index (χ2v) is 4.90. The Morgan fingerprint density at radius 3 is 2.77 bits per heavy atom. The number of nitrogens with one attached hydrogen (secondary N) is 3. The third-order valence-corrected chi connectivity index (χ3v) is 2.87. The van der Waals surface area contributed by atoms with E-state index in [4.69, 9.17) is 0 Å². The van der Waals surface area contributed by atoms with Crippen molar-refractivity contribution < 1.29 is 27.5 Å². The Bertz CT molecular complexity index is 540. The monoisotopic (exact) mass is 320 g/mol. The number of alkyl carbamates (subject to hydrolysis) is 1. The summed E-state index contributed by atoms with van der Waals surface area (Å²) >= 11 is 0. The maximum absolute atomic E-state index is 11.8. The third-order valence-electron chi connectivity index (χ3n) is 2.87. The Morgan fingerprint density at radius 2 is 2.14 bits per heavy atom. The SMILES string of the molecule is O=C(CCNC(=O)OCC(F)(F)F)Nc1cc(C2CC2)[nH]n1. The minimum Gasteiger partial charge on any atom is -0.440 e. The quantitative estimate of drug-likeness (QED) is 0.746. The first-order chi connectivity index (χ1) is 10.3. The molecule has 1 aliphatic carbocycles. The Hall–Kier alpha value is -2.26. The molecular formula is C12H15F3N4O3. The van der Waals surface area contributed by atoms with E-state index in [0.29, 0.717) is 11.7 Å². The molecule has 0 spiro atoms. The summed E-state index contributed by atoms with van der Waals surface area (Å²) in [6.45, 7) is -1.80. The van der Waals surface area contributed by atoms with Gasteiger partial charge in [-0.05, 0) is 12.8 Å². The highest BCUT2D eigenvalue weighted by Gasteiger charge is 2.29. The summed E-state index contributed by atoms with van der Waals surface area (Å²) in [5, 5.41) is 11.3. The third kappa shape index (κ3) is 5.62. The maximum Gasteiger partial charge on any atom is 0.422 e. The van der Waals surface area contributed by atoms with Crippen LogP contribution in [0.2, 0.25) is 0 Å². The van der Waals surface area contributed by atoms with Crippen LogP contribution in [0, 0.1) is 0 Å². The van der Waals surface area contributed by atoms with Crippen molar-refractivity contribution >= 4 is 17.8 Å². The Balaban J connectivity index is 1.61. The highest BCUT2D eigenvalue weighted by Crippen LogP contribution is 2.39. The zero-order valence-electron chi connectivity index (χ0n) is 11.5. The van der Waals surface area contributed by atoms with Crippen LogP contribution in [-0.2, 0) is 9.53 Å². The Labute approximate surface area is 123 Å². The van der Waals surface area contributed by atoms with Crippen molar-refractivity contribution in [1.82, 2.24) is 15.5 Å². The summed E-state index contributed by atoms with van der Waals surface area (Å²) in [6, 6.07) is 1.74. The Kier molecular flexibility index (Phi) is 4.88. The molecule has 122 valence electrons. The van der Waals surface area contributed by atoms with Crippen LogP contribution >= 0.6 is 0 Å². The van der Waals surface area contributed by atoms with Gasteiger partial charge in [0.25, 0.3) is 0 Å². The number of aromatic nitrogens is 2. The highest BCUT2D eigenvalue weighted by molar-refractivity contribution is 5.90. The van der Waals surface area contributed by atoms with E-state index in [9.17, 15) is 22.8 Å². The van der Waals surface area contributed by atoms with E-state index in [0.717, 1.165) is 18.5 Å². The first-order valence-electron chi connectivity index (χ1n) is 6.66. The molecule has 0 saturated heterocycles. The molecule has 0 radical (unpaired) electrons. The second kappa shape index (κ2) is 6.67. The van der Waals surface area contributed by atoms with Crippen molar-refractivity contribution in [2.45, 2.75) is 31.4 Å². The van der Waals surface area contributed by atoms with E-state index in [1.54, 1.807) is 6.07 Å². The summed E-state index contributed by atoms with van der Waals surface area (Å²) < 4.78 is 39.3. The molecule has 1 heterocycles. The highest BCUT2D eigenvalue weighted by atomic mass is 19.4.